The minimum atomic E-state index is -2.80. The van der Waals surface area contributed by atoms with E-state index >= 15 is 0 Å². The van der Waals surface area contributed by atoms with E-state index in [-0.39, 0.29) is 23.9 Å². The van der Waals surface area contributed by atoms with Crippen molar-refractivity contribution in [2.45, 2.75) is 44.3 Å². The summed E-state index contributed by atoms with van der Waals surface area (Å²) >= 11 is 0. The summed E-state index contributed by atoms with van der Waals surface area (Å²) in [4.78, 5) is 27.5. The van der Waals surface area contributed by atoms with Crippen LogP contribution in [0, 0.1) is 0 Å². The van der Waals surface area contributed by atoms with Gasteiger partial charge in [-0.1, -0.05) is 12.1 Å². The number of carbonyl (C=O) groups excluding carboxylic acids is 1. The van der Waals surface area contributed by atoms with E-state index in [0.717, 1.165) is 12.8 Å². The van der Waals surface area contributed by atoms with Crippen molar-refractivity contribution in [1.29, 1.82) is 0 Å². The van der Waals surface area contributed by atoms with Crippen LogP contribution in [0.1, 0.15) is 37.9 Å². The van der Waals surface area contributed by atoms with E-state index in [0.29, 0.717) is 68.6 Å². The molecule has 198 valence electrons. The van der Waals surface area contributed by atoms with Crippen molar-refractivity contribution in [3.05, 3.63) is 36.2 Å². The number of hydrogen-bond donors (Lipinski definition) is 1. The molecule has 0 spiro atoms. The molecule has 3 aromatic rings. The summed E-state index contributed by atoms with van der Waals surface area (Å²) in [7, 11) is 1.56. The van der Waals surface area contributed by atoms with E-state index < -0.39 is 12.2 Å². The first-order valence-corrected chi connectivity index (χ1v) is 12.4. The van der Waals surface area contributed by atoms with Crippen LogP contribution in [-0.2, 0) is 14.3 Å². The predicted molar refractivity (Wildman–Crippen MR) is 131 cm³/mol. The number of carbonyl (C=O) groups is 1. The number of fused-ring (bicyclic) bond motifs is 1. The number of imidazole rings is 1. The third-order valence-electron chi connectivity index (χ3n) is 6.55. The maximum atomic E-state index is 14.0. The Balaban J connectivity index is 1.44. The Morgan fingerprint density at radius 1 is 1.19 bits per heavy atom. The predicted octanol–water partition coefficient (Wildman–Crippen LogP) is 3.04. The number of methoxy groups -OCH3 is 1. The SMILES string of the molecule is COCCC(=O)N[C@H]1CC[C@H](Oc2cc(-n3c(C(F)F)nc4ccccc43)nc(N3CCOCC3)n2)C1. The molecule has 1 aromatic carbocycles. The number of morpholine rings is 1. The molecule has 1 amide bonds. The molecule has 0 bridgehead atoms. The van der Waals surface area contributed by atoms with Gasteiger partial charge in [0, 0.05) is 45.1 Å². The van der Waals surface area contributed by atoms with Crippen LogP contribution in [0.15, 0.2) is 30.3 Å². The average molecular weight is 517 g/mol. The van der Waals surface area contributed by atoms with E-state index in [1.165, 1.54) is 4.57 Å². The highest BCUT2D eigenvalue weighted by atomic mass is 19.3. The van der Waals surface area contributed by atoms with Gasteiger partial charge in [0.2, 0.25) is 17.7 Å². The highest BCUT2D eigenvalue weighted by Gasteiger charge is 2.29. The lowest BCUT2D eigenvalue weighted by Crippen LogP contribution is -2.37. The first kappa shape index (κ1) is 25.3. The highest BCUT2D eigenvalue weighted by molar-refractivity contribution is 5.78. The first-order valence-electron chi connectivity index (χ1n) is 12.4. The van der Waals surface area contributed by atoms with E-state index in [4.69, 9.17) is 14.2 Å². The lowest BCUT2D eigenvalue weighted by Gasteiger charge is -2.27. The van der Waals surface area contributed by atoms with Gasteiger partial charge in [0.25, 0.3) is 6.43 Å². The summed E-state index contributed by atoms with van der Waals surface area (Å²) in [5.41, 5.74) is 0.977. The van der Waals surface area contributed by atoms with Gasteiger partial charge in [-0.3, -0.25) is 9.36 Å². The number of ether oxygens (including phenoxy) is 3. The molecule has 10 nitrogen and oxygen atoms in total. The van der Waals surface area contributed by atoms with Crippen LogP contribution >= 0.6 is 0 Å². The molecule has 1 saturated heterocycles. The zero-order valence-corrected chi connectivity index (χ0v) is 20.6. The molecule has 0 radical (unpaired) electrons. The van der Waals surface area contributed by atoms with Gasteiger partial charge in [0.1, 0.15) is 11.9 Å². The maximum absolute atomic E-state index is 14.0. The molecule has 1 aliphatic heterocycles. The van der Waals surface area contributed by atoms with Crippen LogP contribution in [0.5, 0.6) is 5.88 Å². The van der Waals surface area contributed by atoms with Gasteiger partial charge >= 0.3 is 0 Å². The smallest absolute Gasteiger partial charge is 0.296 e. The van der Waals surface area contributed by atoms with Gasteiger partial charge in [-0.15, -0.1) is 0 Å². The molecule has 0 unspecified atom stereocenters. The van der Waals surface area contributed by atoms with Crippen molar-refractivity contribution in [2.75, 3.05) is 44.9 Å². The van der Waals surface area contributed by atoms with Crippen molar-refractivity contribution in [3.63, 3.8) is 0 Å². The molecule has 2 atom stereocenters. The fourth-order valence-electron chi connectivity index (χ4n) is 4.76. The van der Waals surface area contributed by atoms with Gasteiger partial charge < -0.3 is 24.4 Å². The summed E-state index contributed by atoms with van der Waals surface area (Å²) in [6.45, 7) is 2.57. The van der Waals surface area contributed by atoms with Gasteiger partial charge in [-0.05, 0) is 25.0 Å². The largest absolute Gasteiger partial charge is 0.474 e. The third-order valence-corrected chi connectivity index (χ3v) is 6.55. The molecule has 37 heavy (non-hydrogen) atoms. The summed E-state index contributed by atoms with van der Waals surface area (Å²) < 4.78 is 46.1. The zero-order valence-electron chi connectivity index (χ0n) is 20.6. The van der Waals surface area contributed by atoms with E-state index in [9.17, 15) is 13.6 Å². The average Bonchev–Trinajstić information content (AvgIpc) is 3.52. The second-order valence-electron chi connectivity index (χ2n) is 9.12. The fourth-order valence-corrected chi connectivity index (χ4v) is 4.76. The number of benzene rings is 1. The molecule has 3 heterocycles. The highest BCUT2D eigenvalue weighted by Crippen LogP contribution is 2.31. The number of amides is 1. The second kappa shape index (κ2) is 11.3. The summed E-state index contributed by atoms with van der Waals surface area (Å²) in [6, 6.07) is 8.54. The Morgan fingerprint density at radius 2 is 2.00 bits per heavy atom. The number of halogens is 2. The maximum Gasteiger partial charge on any atom is 0.296 e. The van der Waals surface area contributed by atoms with Gasteiger partial charge in [0.15, 0.2) is 5.82 Å². The topological polar surface area (TPSA) is 104 Å². The number of rotatable bonds is 9. The van der Waals surface area contributed by atoms with E-state index in [2.05, 4.69) is 20.3 Å². The standard InChI is InChI=1S/C25H30F2N6O4/c1-35-11-8-21(34)28-16-6-7-17(14-16)37-22-15-20(30-25(31-22)32-9-12-36-13-10-32)33-19-5-3-2-4-18(19)29-24(33)23(26)27/h2-5,15-17,23H,6-14H2,1H3,(H,28,34)/t16-,17-/m0/s1. The number of hydrogen-bond acceptors (Lipinski definition) is 8. The van der Waals surface area contributed by atoms with Crippen LogP contribution in [-0.4, -0.2) is 77.6 Å². The molecule has 1 aliphatic carbocycles. The minimum absolute atomic E-state index is 0.00240. The molecule has 5 rings (SSSR count). The molecular formula is C25H30F2N6O4. The summed E-state index contributed by atoms with van der Waals surface area (Å²) in [5, 5.41) is 3.02. The van der Waals surface area contributed by atoms with Gasteiger partial charge in [-0.2, -0.15) is 9.97 Å². The first-order chi connectivity index (χ1) is 18.0. The molecule has 2 aliphatic rings. The lowest BCUT2D eigenvalue weighted by molar-refractivity contribution is -0.122. The Kier molecular flexibility index (Phi) is 7.75. The number of para-hydroxylation sites is 2. The number of anilines is 1. The fraction of sp³-hybridized carbons (Fsp3) is 0.520. The van der Waals surface area contributed by atoms with Crippen molar-refractivity contribution in [3.8, 4) is 11.7 Å². The van der Waals surface area contributed by atoms with Gasteiger partial charge in [0.05, 0.1) is 30.9 Å². The summed E-state index contributed by atoms with van der Waals surface area (Å²) in [5.74, 6) is 0.492. The quantitative estimate of drug-likeness (QED) is 0.463. The number of alkyl halides is 2. The number of nitrogens with one attached hydrogen (secondary N) is 1. The second-order valence-corrected chi connectivity index (χ2v) is 9.12. The molecule has 2 aromatic heterocycles. The van der Waals surface area contributed by atoms with Crippen LogP contribution in [0.3, 0.4) is 0 Å². The Hall–Kier alpha value is -3.38. The molecule has 2 fully saturated rings. The van der Waals surface area contributed by atoms with Crippen molar-refractivity contribution < 1.29 is 27.8 Å². The minimum Gasteiger partial charge on any atom is -0.474 e. The van der Waals surface area contributed by atoms with E-state index in [1.807, 2.05) is 4.90 Å². The number of nitrogens with zero attached hydrogens (tertiary/aromatic N) is 5. The van der Waals surface area contributed by atoms with Crippen molar-refractivity contribution >= 4 is 22.9 Å². The Morgan fingerprint density at radius 3 is 2.78 bits per heavy atom. The summed E-state index contributed by atoms with van der Waals surface area (Å²) in [6.07, 6.45) is -0.529. The molecule has 12 heteroatoms. The van der Waals surface area contributed by atoms with Crippen molar-refractivity contribution in [2.24, 2.45) is 0 Å². The van der Waals surface area contributed by atoms with Crippen LogP contribution in [0.25, 0.3) is 16.9 Å². The normalized spacial score (nSPS) is 20.1. The van der Waals surface area contributed by atoms with Crippen LogP contribution < -0.4 is 15.0 Å². The molecular weight excluding hydrogens is 486 g/mol. The lowest BCUT2D eigenvalue weighted by atomic mass is 10.2. The van der Waals surface area contributed by atoms with Crippen LogP contribution in [0.2, 0.25) is 0 Å². The Bertz CT molecular complexity index is 1230. The van der Waals surface area contributed by atoms with Crippen molar-refractivity contribution in [1.82, 2.24) is 24.8 Å². The zero-order chi connectivity index (χ0) is 25.8. The number of aromatic nitrogens is 4. The third kappa shape index (κ3) is 5.80. The Labute approximate surface area is 212 Å². The van der Waals surface area contributed by atoms with Gasteiger partial charge in [-0.25, -0.2) is 13.8 Å². The van der Waals surface area contributed by atoms with E-state index in [1.54, 1.807) is 37.4 Å². The molecule has 1 N–H and O–H groups in total. The molecule has 1 saturated carbocycles. The van der Waals surface area contributed by atoms with Crippen LogP contribution in [0.4, 0.5) is 14.7 Å². The monoisotopic (exact) mass is 516 g/mol.